The van der Waals surface area contributed by atoms with Crippen LogP contribution in [0.4, 0.5) is 5.69 Å². The van der Waals surface area contributed by atoms with E-state index in [-0.39, 0.29) is 24.0 Å². The third kappa shape index (κ3) is 7.02. The number of anilines is 1. The number of hydrogen-bond donors (Lipinski definition) is 2. The molecule has 0 aliphatic carbocycles. The summed E-state index contributed by atoms with van der Waals surface area (Å²) in [7, 11) is 4.12. The lowest BCUT2D eigenvalue weighted by Crippen LogP contribution is -2.37. The predicted octanol–water partition coefficient (Wildman–Crippen LogP) is 3.14. The highest BCUT2D eigenvalue weighted by molar-refractivity contribution is 14.0. The first-order valence-electron chi connectivity index (χ1n) is 7.37. The van der Waals surface area contributed by atoms with Crippen LogP contribution in [0.3, 0.4) is 0 Å². The van der Waals surface area contributed by atoms with Crippen molar-refractivity contribution in [2.24, 2.45) is 4.99 Å². The van der Waals surface area contributed by atoms with Gasteiger partial charge in [-0.1, -0.05) is 13.0 Å². The van der Waals surface area contributed by atoms with Crippen molar-refractivity contribution < 1.29 is 0 Å². The second kappa shape index (κ2) is 10.7. The summed E-state index contributed by atoms with van der Waals surface area (Å²) in [5.41, 5.74) is 3.78. The summed E-state index contributed by atoms with van der Waals surface area (Å²) in [4.78, 5) is 6.76. The largest absolute Gasteiger partial charge is 0.378 e. The van der Waals surface area contributed by atoms with Crippen LogP contribution in [0.5, 0.6) is 0 Å². The Bertz CT molecular complexity index is 444. The van der Waals surface area contributed by atoms with Crippen molar-refractivity contribution in [3.8, 4) is 0 Å². The molecule has 1 rings (SSSR count). The molecule has 0 fully saturated rings. The molecule has 0 unspecified atom stereocenters. The first-order chi connectivity index (χ1) is 9.58. The number of halogens is 1. The number of hydrogen-bond acceptors (Lipinski definition) is 2. The highest BCUT2D eigenvalue weighted by atomic mass is 127. The highest BCUT2D eigenvalue weighted by Crippen LogP contribution is 2.17. The van der Waals surface area contributed by atoms with Gasteiger partial charge in [-0.05, 0) is 43.5 Å². The zero-order valence-corrected chi connectivity index (χ0v) is 16.2. The van der Waals surface area contributed by atoms with Crippen LogP contribution in [-0.2, 0) is 6.54 Å². The van der Waals surface area contributed by atoms with Crippen LogP contribution < -0.4 is 15.5 Å². The maximum Gasteiger partial charge on any atom is 0.191 e. The monoisotopic (exact) mass is 404 g/mol. The minimum Gasteiger partial charge on any atom is -0.378 e. The van der Waals surface area contributed by atoms with Crippen molar-refractivity contribution in [2.45, 2.75) is 33.7 Å². The van der Waals surface area contributed by atoms with Crippen molar-refractivity contribution in [3.63, 3.8) is 0 Å². The van der Waals surface area contributed by atoms with E-state index in [4.69, 9.17) is 0 Å². The molecule has 0 bridgehead atoms. The summed E-state index contributed by atoms with van der Waals surface area (Å²) >= 11 is 0. The van der Waals surface area contributed by atoms with E-state index < -0.39 is 0 Å². The first kappa shape index (κ1) is 20.0. The Hall–Kier alpha value is -0.980. The second-order valence-electron chi connectivity index (χ2n) is 5.13. The zero-order chi connectivity index (χ0) is 15.0. The minimum absolute atomic E-state index is 0. The van der Waals surface area contributed by atoms with Gasteiger partial charge in [0.15, 0.2) is 5.96 Å². The van der Waals surface area contributed by atoms with Crippen molar-refractivity contribution in [1.82, 2.24) is 10.6 Å². The summed E-state index contributed by atoms with van der Waals surface area (Å²) in [5.74, 6) is 0.894. The molecule has 5 heteroatoms. The molecule has 0 spiro atoms. The molecule has 2 N–H and O–H groups in total. The number of rotatable bonds is 6. The Morgan fingerprint density at radius 3 is 2.43 bits per heavy atom. The second-order valence-corrected chi connectivity index (χ2v) is 5.13. The smallest absolute Gasteiger partial charge is 0.191 e. The summed E-state index contributed by atoms with van der Waals surface area (Å²) in [6.45, 7) is 8.92. The van der Waals surface area contributed by atoms with Gasteiger partial charge in [-0.25, -0.2) is 4.99 Å². The van der Waals surface area contributed by atoms with Gasteiger partial charge in [-0.2, -0.15) is 0 Å². The van der Waals surface area contributed by atoms with Crippen LogP contribution in [0.15, 0.2) is 23.2 Å². The van der Waals surface area contributed by atoms with E-state index in [1.54, 1.807) is 0 Å². The topological polar surface area (TPSA) is 39.7 Å². The maximum atomic E-state index is 4.64. The number of guanidine groups is 1. The van der Waals surface area contributed by atoms with E-state index in [0.717, 1.165) is 25.5 Å². The predicted molar refractivity (Wildman–Crippen MR) is 104 cm³/mol. The Labute approximate surface area is 146 Å². The van der Waals surface area contributed by atoms with Gasteiger partial charge in [0, 0.05) is 32.9 Å². The Morgan fingerprint density at radius 1 is 1.19 bits per heavy atom. The molecule has 0 radical (unpaired) electrons. The fourth-order valence-corrected chi connectivity index (χ4v) is 1.89. The van der Waals surface area contributed by atoms with Crippen molar-refractivity contribution in [1.29, 1.82) is 0 Å². The molecule has 0 amide bonds. The lowest BCUT2D eigenvalue weighted by Gasteiger charge is -2.15. The van der Waals surface area contributed by atoms with E-state index in [1.807, 2.05) is 0 Å². The standard InChI is InChI=1S/C16H28N4.HI/c1-6-10-18-16(17-7-2)19-12-14-8-9-15(20(4)5)11-13(14)3;/h8-9,11H,6-7,10,12H2,1-5H3,(H2,17,18,19);1H. The van der Waals surface area contributed by atoms with Crippen LogP contribution in [0, 0.1) is 6.92 Å². The third-order valence-electron chi connectivity index (χ3n) is 3.14. The quantitative estimate of drug-likeness (QED) is 0.435. The van der Waals surface area contributed by atoms with E-state index in [9.17, 15) is 0 Å². The molecule has 0 aliphatic rings. The van der Waals surface area contributed by atoms with Gasteiger partial charge in [-0.3, -0.25) is 0 Å². The molecular formula is C16H29IN4. The van der Waals surface area contributed by atoms with Crippen LogP contribution in [0.1, 0.15) is 31.4 Å². The normalized spacial score (nSPS) is 10.8. The van der Waals surface area contributed by atoms with Crippen LogP contribution in [0.2, 0.25) is 0 Å². The molecule has 0 atom stereocenters. The highest BCUT2D eigenvalue weighted by Gasteiger charge is 2.02. The minimum atomic E-state index is 0. The van der Waals surface area contributed by atoms with Gasteiger partial charge in [-0.15, -0.1) is 24.0 Å². The summed E-state index contributed by atoms with van der Waals surface area (Å²) in [6, 6.07) is 6.51. The molecule has 21 heavy (non-hydrogen) atoms. The van der Waals surface area contributed by atoms with E-state index in [0.29, 0.717) is 6.54 Å². The number of aliphatic imine (C=N–C) groups is 1. The van der Waals surface area contributed by atoms with Gasteiger partial charge in [0.1, 0.15) is 0 Å². The fraction of sp³-hybridized carbons (Fsp3) is 0.562. The molecule has 0 saturated heterocycles. The zero-order valence-electron chi connectivity index (χ0n) is 13.9. The van der Waals surface area contributed by atoms with Crippen molar-refractivity contribution in [3.05, 3.63) is 29.3 Å². The molecule has 1 aromatic rings. The number of nitrogens with zero attached hydrogens (tertiary/aromatic N) is 2. The SMILES string of the molecule is CCCNC(=NCc1ccc(N(C)C)cc1C)NCC.I. The average Bonchev–Trinajstić information content (AvgIpc) is 2.42. The molecule has 1 aromatic carbocycles. The first-order valence-corrected chi connectivity index (χ1v) is 7.37. The maximum absolute atomic E-state index is 4.64. The van der Waals surface area contributed by atoms with Crippen LogP contribution in [0.25, 0.3) is 0 Å². The van der Waals surface area contributed by atoms with Gasteiger partial charge in [0.05, 0.1) is 6.54 Å². The Balaban J connectivity index is 0.00000400. The molecule has 0 saturated carbocycles. The number of aryl methyl sites for hydroxylation is 1. The molecular weight excluding hydrogens is 375 g/mol. The third-order valence-corrected chi connectivity index (χ3v) is 3.14. The lowest BCUT2D eigenvalue weighted by atomic mass is 10.1. The molecule has 0 heterocycles. The van der Waals surface area contributed by atoms with Crippen molar-refractivity contribution >= 4 is 35.6 Å². The lowest BCUT2D eigenvalue weighted by molar-refractivity contribution is 0.785. The number of nitrogens with one attached hydrogen (secondary N) is 2. The van der Waals surface area contributed by atoms with Gasteiger partial charge in [0.25, 0.3) is 0 Å². The van der Waals surface area contributed by atoms with E-state index in [2.05, 4.69) is 73.6 Å². The Morgan fingerprint density at radius 2 is 1.90 bits per heavy atom. The van der Waals surface area contributed by atoms with Gasteiger partial charge < -0.3 is 15.5 Å². The summed E-state index contributed by atoms with van der Waals surface area (Å²) in [6.07, 6.45) is 1.10. The fourth-order valence-electron chi connectivity index (χ4n) is 1.89. The molecule has 0 aliphatic heterocycles. The van der Waals surface area contributed by atoms with Gasteiger partial charge >= 0.3 is 0 Å². The van der Waals surface area contributed by atoms with Crippen LogP contribution in [-0.4, -0.2) is 33.1 Å². The Kier molecular flexibility index (Phi) is 10.2. The summed E-state index contributed by atoms with van der Waals surface area (Å²) < 4.78 is 0. The molecule has 4 nitrogen and oxygen atoms in total. The number of benzene rings is 1. The van der Waals surface area contributed by atoms with Crippen molar-refractivity contribution in [2.75, 3.05) is 32.1 Å². The molecule has 0 aromatic heterocycles. The van der Waals surface area contributed by atoms with E-state index in [1.165, 1.54) is 16.8 Å². The summed E-state index contributed by atoms with van der Waals surface area (Å²) in [5, 5.41) is 6.59. The van der Waals surface area contributed by atoms with Gasteiger partial charge in [0.2, 0.25) is 0 Å². The average molecular weight is 404 g/mol. The van der Waals surface area contributed by atoms with Crippen LogP contribution >= 0.6 is 24.0 Å². The molecule has 120 valence electrons. The van der Waals surface area contributed by atoms with E-state index >= 15 is 0 Å².